The Labute approximate surface area is 139 Å². The Morgan fingerprint density at radius 3 is 2.64 bits per heavy atom. The number of nitrogens with zero attached hydrogens (tertiary/aromatic N) is 4. The van der Waals surface area contributed by atoms with Gasteiger partial charge in [-0.25, -0.2) is 0 Å². The standard InChI is InChI=1S/C15H11F3N4O3/c16-15(17,18)14-20-12(21-25-14)9-1-3-10(4-2-9)13(23)22-5-6-24-11(7-19)8-22/h1-4,11H,5-6,8H2/t11-/m0/s1. The highest BCUT2D eigenvalue weighted by Gasteiger charge is 2.38. The molecule has 0 unspecified atom stereocenters. The SMILES string of the molecule is N#C[C@H]1CN(C(=O)c2ccc(-c3noc(C(F)(F)F)n3)cc2)CCO1. The topological polar surface area (TPSA) is 92.2 Å². The van der Waals surface area contributed by atoms with Crippen molar-refractivity contribution >= 4 is 5.91 Å². The fourth-order valence-electron chi connectivity index (χ4n) is 2.31. The first-order valence-electron chi connectivity index (χ1n) is 7.20. The lowest BCUT2D eigenvalue weighted by atomic mass is 10.1. The van der Waals surface area contributed by atoms with Crippen molar-refractivity contribution < 1.29 is 27.2 Å². The van der Waals surface area contributed by atoms with E-state index in [1.807, 2.05) is 6.07 Å². The molecule has 7 nitrogen and oxygen atoms in total. The average Bonchev–Trinajstić information content (AvgIpc) is 3.12. The number of carbonyl (C=O) groups is 1. The minimum Gasteiger partial charge on any atom is -0.360 e. The maximum atomic E-state index is 12.5. The summed E-state index contributed by atoms with van der Waals surface area (Å²) in [5.74, 6) is -1.94. The number of benzene rings is 1. The molecule has 0 spiro atoms. The third kappa shape index (κ3) is 3.61. The van der Waals surface area contributed by atoms with E-state index in [0.29, 0.717) is 12.1 Å². The number of halogens is 3. The van der Waals surface area contributed by atoms with Crippen molar-refractivity contribution in [1.82, 2.24) is 15.0 Å². The predicted molar refractivity (Wildman–Crippen MR) is 76.0 cm³/mol. The molecule has 1 saturated heterocycles. The van der Waals surface area contributed by atoms with Gasteiger partial charge in [-0.15, -0.1) is 0 Å². The molecule has 1 atom stereocenters. The lowest BCUT2D eigenvalue weighted by Gasteiger charge is -2.29. The molecule has 1 aliphatic rings. The van der Waals surface area contributed by atoms with Crippen LogP contribution in [0.3, 0.4) is 0 Å². The Morgan fingerprint density at radius 2 is 2.04 bits per heavy atom. The molecule has 0 bridgehead atoms. The lowest BCUT2D eigenvalue weighted by molar-refractivity contribution is -0.159. The van der Waals surface area contributed by atoms with E-state index in [1.165, 1.54) is 29.2 Å². The van der Waals surface area contributed by atoms with Crippen LogP contribution in [0.15, 0.2) is 28.8 Å². The molecular weight excluding hydrogens is 341 g/mol. The largest absolute Gasteiger partial charge is 0.471 e. The molecule has 0 saturated carbocycles. The van der Waals surface area contributed by atoms with Gasteiger partial charge in [0.1, 0.15) is 0 Å². The van der Waals surface area contributed by atoms with Crippen LogP contribution in [0.25, 0.3) is 11.4 Å². The first kappa shape index (κ1) is 16.9. The highest BCUT2D eigenvalue weighted by molar-refractivity contribution is 5.94. The molecule has 1 amide bonds. The van der Waals surface area contributed by atoms with Gasteiger partial charge in [-0.05, 0) is 12.1 Å². The van der Waals surface area contributed by atoms with Crippen LogP contribution in [-0.4, -0.2) is 46.7 Å². The molecule has 10 heteroatoms. The number of alkyl halides is 3. The Bertz CT molecular complexity index is 811. The van der Waals surface area contributed by atoms with Gasteiger partial charge in [-0.2, -0.15) is 23.4 Å². The van der Waals surface area contributed by atoms with Gasteiger partial charge in [0.25, 0.3) is 5.91 Å². The highest BCUT2D eigenvalue weighted by atomic mass is 19.4. The summed E-state index contributed by atoms with van der Waals surface area (Å²) in [7, 11) is 0. The van der Waals surface area contributed by atoms with Crippen molar-refractivity contribution in [2.75, 3.05) is 19.7 Å². The summed E-state index contributed by atoms with van der Waals surface area (Å²) in [4.78, 5) is 17.2. The normalized spacial score (nSPS) is 18.0. The van der Waals surface area contributed by atoms with E-state index >= 15 is 0 Å². The zero-order chi connectivity index (χ0) is 18.0. The Kier molecular flexibility index (Phi) is 4.41. The maximum absolute atomic E-state index is 12.5. The zero-order valence-electron chi connectivity index (χ0n) is 12.7. The van der Waals surface area contributed by atoms with Crippen LogP contribution in [0, 0.1) is 11.3 Å². The van der Waals surface area contributed by atoms with E-state index < -0.39 is 18.2 Å². The van der Waals surface area contributed by atoms with Crippen LogP contribution in [0.4, 0.5) is 13.2 Å². The molecule has 0 N–H and O–H groups in total. The summed E-state index contributed by atoms with van der Waals surface area (Å²) in [5.41, 5.74) is 0.620. The van der Waals surface area contributed by atoms with Gasteiger partial charge >= 0.3 is 12.1 Å². The summed E-state index contributed by atoms with van der Waals surface area (Å²) < 4.78 is 46.8. The van der Waals surface area contributed by atoms with Gasteiger partial charge in [0.2, 0.25) is 5.82 Å². The number of hydrogen-bond donors (Lipinski definition) is 0. The summed E-state index contributed by atoms with van der Waals surface area (Å²) in [6.45, 7) is 0.792. The number of morpholine rings is 1. The molecule has 0 aliphatic carbocycles. The predicted octanol–water partition coefficient (Wildman–Crippen LogP) is 2.12. The van der Waals surface area contributed by atoms with E-state index in [1.54, 1.807) is 0 Å². The van der Waals surface area contributed by atoms with Crippen LogP contribution in [-0.2, 0) is 10.9 Å². The third-order valence-electron chi connectivity index (χ3n) is 3.56. The molecule has 1 fully saturated rings. The number of rotatable bonds is 2. The Balaban J connectivity index is 1.75. The fraction of sp³-hybridized carbons (Fsp3) is 0.333. The van der Waals surface area contributed by atoms with Crippen LogP contribution >= 0.6 is 0 Å². The number of ether oxygens (including phenoxy) is 1. The van der Waals surface area contributed by atoms with E-state index in [4.69, 9.17) is 10.00 Å². The first-order valence-corrected chi connectivity index (χ1v) is 7.20. The van der Waals surface area contributed by atoms with Crippen molar-refractivity contribution in [2.45, 2.75) is 12.3 Å². The van der Waals surface area contributed by atoms with Gasteiger partial charge in [-0.1, -0.05) is 17.3 Å². The maximum Gasteiger partial charge on any atom is 0.471 e. The fourth-order valence-corrected chi connectivity index (χ4v) is 2.31. The molecule has 1 aromatic carbocycles. The third-order valence-corrected chi connectivity index (χ3v) is 3.56. The van der Waals surface area contributed by atoms with Crippen molar-refractivity contribution in [2.24, 2.45) is 0 Å². The molecular formula is C15H11F3N4O3. The molecule has 1 aromatic heterocycles. The van der Waals surface area contributed by atoms with E-state index in [0.717, 1.165) is 0 Å². The molecule has 2 aromatic rings. The number of carbonyl (C=O) groups excluding carboxylic acids is 1. The van der Waals surface area contributed by atoms with Crippen molar-refractivity contribution in [3.05, 3.63) is 35.7 Å². The highest BCUT2D eigenvalue weighted by Crippen LogP contribution is 2.29. The molecule has 2 heterocycles. The van der Waals surface area contributed by atoms with E-state index in [-0.39, 0.29) is 30.4 Å². The number of nitriles is 1. The summed E-state index contributed by atoms with van der Waals surface area (Å²) in [6, 6.07) is 7.73. The molecule has 130 valence electrons. The van der Waals surface area contributed by atoms with Crippen LogP contribution in [0.1, 0.15) is 16.2 Å². The summed E-state index contributed by atoms with van der Waals surface area (Å²) in [5, 5.41) is 12.2. The second kappa shape index (κ2) is 6.52. The monoisotopic (exact) mass is 352 g/mol. The summed E-state index contributed by atoms with van der Waals surface area (Å²) in [6.07, 6.45) is -5.38. The lowest BCUT2D eigenvalue weighted by Crippen LogP contribution is -2.45. The minimum absolute atomic E-state index is 0.164. The minimum atomic E-state index is -4.71. The molecule has 1 aliphatic heterocycles. The Hall–Kier alpha value is -2.93. The van der Waals surface area contributed by atoms with Crippen LogP contribution in [0.5, 0.6) is 0 Å². The van der Waals surface area contributed by atoms with Gasteiger partial charge < -0.3 is 14.2 Å². The second-order valence-corrected chi connectivity index (χ2v) is 5.24. The van der Waals surface area contributed by atoms with Gasteiger partial charge in [0.05, 0.1) is 19.2 Å². The molecule has 25 heavy (non-hydrogen) atoms. The molecule has 0 radical (unpaired) electrons. The van der Waals surface area contributed by atoms with Crippen molar-refractivity contribution in [3.8, 4) is 17.5 Å². The zero-order valence-corrected chi connectivity index (χ0v) is 12.7. The second-order valence-electron chi connectivity index (χ2n) is 5.24. The van der Waals surface area contributed by atoms with Crippen LogP contribution in [0.2, 0.25) is 0 Å². The van der Waals surface area contributed by atoms with Crippen molar-refractivity contribution in [1.29, 1.82) is 5.26 Å². The average molecular weight is 352 g/mol. The van der Waals surface area contributed by atoms with Gasteiger partial charge in [0, 0.05) is 17.7 Å². The number of aromatic nitrogens is 2. The van der Waals surface area contributed by atoms with Crippen molar-refractivity contribution in [3.63, 3.8) is 0 Å². The quantitative estimate of drug-likeness (QED) is 0.822. The van der Waals surface area contributed by atoms with E-state index in [2.05, 4.69) is 14.7 Å². The Morgan fingerprint density at radius 1 is 1.32 bits per heavy atom. The first-order chi connectivity index (χ1) is 11.9. The van der Waals surface area contributed by atoms with Crippen LogP contribution < -0.4 is 0 Å². The number of amides is 1. The number of hydrogen-bond acceptors (Lipinski definition) is 6. The molecule has 3 rings (SSSR count). The van der Waals surface area contributed by atoms with Gasteiger partial charge in [-0.3, -0.25) is 4.79 Å². The van der Waals surface area contributed by atoms with E-state index in [9.17, 15) is 18.0 Å². The van der Waals surface area contributed by atoms with Gasteiger partial charge in [0.15, 0.2) is 6.10 Å². The smallest absolute Gasteiger partial charge is 0.360 e. The summed E-state index contributed by atoms with van der Waals surface area (Å²) >= 11 is 0.